The molecule has 0 bridgehead atoms. The van der Waals surface area contributed by atoms with Crippen molar-refractivity contribution in [3.05, 3.63) is 84.0 Å². The van der Waals surface area contributed by atoms with Crippen LogP contribution in [0.15, 0.2) is 61.2 Å². The third kappa shape index (κ3) is 5.19. The van der Waals surface area contributed by atoms with Crippen molar-refractivity contribution in [2.45, 2.75) is 45.6 Å². The first kappa shape index (κ1) is 20.5. The van der Waals surface area contributed by atoms with Crippen LogP contribution in [0.4, 0.5) is 0 Å². The molecule has 0 aliphatic carbocycles. The molecule has 0 atom stereocenters. The second kappa shape index (κ2) is 9.82. The van der Waals surface area contributed by atoms with Gasteiger partial charge >= 0.3 is 5.97 Å². The number of aromatic carboxylic acids is 1. The van der Waals surface area contributed by atoms with E-state index in [1.165, 1.54) is 0 Å². The Labute approximate surface area is 171 Å². The molecule has 0 aliphatic heterocycles. The normalized spacial score (nSPS) is 10.8. The lowest BCUT2D eigenvalue weighted by atomic mass is 9.98. The van der Waals surface area contributed by atoms with Crippen LogP contribution in [-0.4, -0.2) is 25.8 Å². The van der Waals surface area contributed by atoms with E-state index in [9.17, 15) is 9.90 Å². The van der Waals surface area contributed by atoms with Crippen molar-refractivity contribution in [3.8, 4) is 11.1 Å². The van der Waals surface area contributed by atoms with Gasteiger partial charge in [0.25, 0.3) is 0 Å². The number of benzene rings is 2. The number of aryl methyl sites for hydroxylation is 2. The highest BCUT2D eigenvalue weighted by atomic mass is 16.4. The predicted octanol–water partition coefficient (Wildman–Crippen LogP) is 5.15. The molecule has 1 aromatic heterocycles. The number of carbonyl (C=O) groups is 1. The molecule has 0 spiro atoms. The Morgan fingerprint density at radius 2 is 1.93 bits per heavy atom. The molecule has 5 nitrogen and oxygen atoms in total. The Hall–Kier alpha value is -3.21. The average Bonchev–Trinajstić information content (AvgIpc) is 3.12. The second-order valence-electron chi connectivity index (χ2n) is 7.07. The van der Waals surface area contributed by atoms with Crippen LogP contribution in [0, 0.1) is 0 Å². The van der Waals surface area contributed by atoms with Crippen LogP contribution in [0.2, 0.25) is 0 Å². The first-order valence-electron chi connectivity index (χ1n) is 10.1. The van der Waals surface area contributed by atoms with Gasteiger partial charge < -0.3 is 5.11 Å². The van der Waals surface area contributed by atoms with Crippen LogP contribution in [0.3, 0.4) is 0 Å². The molecule has 29 heavy (non-hydrogen) atoms. The largest absolute Gasteiger partial charge is 0.478 e. The molecule has 3 rings (SSSR count). The smallest absolute Gasteiger partial charge is 0.336 e. The standard InChI is InChI=1S/C24H27N3O2/c1-3-5-11-22-25-23(27(26-22)16-6-4-2)17-18-12-14-19(15-13-18)20-9-7-8-10-21(20)24(28)29/h4,7-10,12-15H,2-3,5-6,11,16-17H2,1H3,(H,28,29). The maximum absolute atomic E-state index is 11.5. The van der Waals surface area contributed by atoms with E-state index in [0.717, 1.165) is 60.6 Å². The van der Waals surface area contributed by atoms with Gasteiger partial charge in [-0.15, -0.1) is 6.58 Å². The SMILES string of the molecule is C=CCCn1nc(CCCC)nc1Cc1ccc(-c2ccccc2C(=O)O)cc1. The number of nitrogens with zero attached hydrogens (tertiary/aromatic N) is 3. The molecule has 1 heterocycles. The Morgan fingerprint density at radius 1 is 1.17 bits per heavy atom. The fourth-order valence-electron chi connectivity index (χ4n) is 3.30. The highest BCUT2D eigenvalue weighted by molar-refractivity contribution is 5.95. The zero-order chi connectivity index (χ0) is 20.6. The summed E-state index contributed by atoms with van der Waals surface area (Å²) in [5.74, 6) is 0.939. The van der Waals surface area contributed by atoms with E-state index in [1.54, 1.807) is 12.1 Å². The molecule has 0 aliphatic rings. The van der Waals surface area contributed by atoms with Crippen molar-refractivity contribution >= 4 is 5.97 Å². The Kier molecular flexibility index (Phi) is 6.95. The summed E-state index contributed by atoms with van der Waals surface area (Å²) in [5.41, 5.74) is 3.05. The molecular formula is C24H27N3O2. The molecule has 0 fully saturated rings. The number of hydrogen-bond acceptors (Lipinski definition) is 3. The van der Waals surface area contributed by atoms with Crippen molar-refractivity contribution in [1.82, 2.24) is 14.8 Å². The average molecular weight is 389 g/mol. The molecule has 0 unspecified atom stereocenters. The monoisotopic (exact) mass is 389 g/mol. The second-order valence-corrected chi connectivity index (χ2v) is 7.07. The van der Waals surface area contributed by atoms with Gasteiger partial charge in [0.2, 0.25) is 0 Å². The van der Waals surface area contributed by atoms with Gasteiger partial charge in [0.05, 0.1) is 5.56 Å². The van der Waals surface area contributed by atoms with E-state index in [0.29, 0.717) is 12.0 Å². The molecule has 3 aromatic rings. The van der Waals surface area contributed by atoms with E-state index in [1.807, 2.05) is 47.2 Å². The van der Waals surface area contributed by atoms with Gasteiger partial charge in [-0.1, -0.05) is 61.9 Å². The van der Waals surface area contributed by atoms with E-state index in [-0.39, 0.29) is 0 Å². The van der Waals surface area contributed by atoms with Crippen molar-refractivity contribution in [2.24, 2.45) is 0 Å². The fraction of sp³-hybridized carbons (Fsp3) is 0.292. The Morgan fingerprint density at radius 3 is 2.62 bits per heavy atom. The van der Waals surface area contributed by atoms with Crippen LogP contribution < -0.4 is 0 Å². The molecule has 0 saturated heterocycles. The van der Waals surface area contributed by atoms with Gasteiger partial charge in [-0.05, 0) is 35.6 Å². The number of unbranched alkanes of at least 4 members (excludes halogenated alkanes) is 1. The molecule has 1 N–H and O–H groups in total. The zero-order valence-corrected chi connectivity index (χ0v) is 16.8. The number of allylic oxidation sites excluding steroid dienone is 1. The van der Waals surface area contributed by atoms with Crippen LogP contribution in [-0.2, 0) is 19.4 Å². The maximum atomic E-state index is 11.5. The minimum atomic E-state index is -0.917. The van der Waals surface area contributed by atoms with Crippen molar-refractivity contribution in [1.29, 1.82) is 0 Å². The first-order chi connectivity index (χ1) is 14.1. The fourth-order valence-corrected chi connectivity index (χ4v) is 3.30. The molecule has 0 saturated carbocycles. The molecule has 150 valence electrons. The Bertz CT molecular complexity index is 974. The number of carboxylic acid groups (broad SMARTS) is 1. The van der Waals surface area contributed by atoms with Crippen LogP contribution in [0.25, 0.3) is 11.1 Å². The lowest BCUT2D eigenvalue weighted by Gasteiger charge is -2.08. The van der Waals surface area contributed by atoms with E-state index >= 15 is 0 Å². The van der Waals surface area contributed by atoms with E-state index in [4.69, 9.17) is 4.98 Å². The lowest BCUT2D eigenvalue weighted by molar-refractivity contribution is 0.0697. The summed E-state index contributed by atoms with van der Waals surface area (Å²) in [7, 11) is 0. The van der Waals surface area contributed by atoms with Gasteiger partial charge in [-0.2, -0.15) is 5.10 Å². The quantitative estimate of drug-likeness (QED) is 0.487. The number of carboxylic acids is 1. The summed E-state index contributed by atoms with van der Waals surface area (Å²) >= 11 is 0. The highest BCUT2D eigenvalue weighted by Gasteiger charge is 2.13. The van der Waals surface area contributed by atoms with Gasteiger partial charge in [0, 0.05) is 19.4 Å². The van der Waals surface area contributed by atoms with Crippen LogP contribution in [0.1, 0.15) is 53.8 Å². The topological polar surface area (TPSA) is 68.0 Å². The van der Waals surface area contributed by atoms with Gasteiger partial charge in [0.15, 0.2) is 5.82 Å². The molecular weight excluding hydrogens is 362 g/mol. The summed E-state index contributed by atoms with van der Waals surface area (Å²) in [6.45, 7) is 6.75. The van der Waals surface area contributed by atoms with Gasteiger partial charge in [0.1, 0.15) is 5.82 Å². The van der Waals surface area contributed by atoms with E-state index in [2.05, 4.69) is 18.6 Å². The summed E-state index contributed by atoms with van der Waals surface area (Å²) in [6.07, 6.45) is 6.55. The van der Waals surface area contributed by atoms with Gasteiger partial charge in [-0.25, -0.2) is 14.5 Å². The lowest BCUT2D eigenvalue weighted by Crippen LogP contribution is -2.06. The first-order valence-corrected chi connectivity index (χ1v) is 10.1. The minimum absolute atomic E-state index is 0.310. The minimum Gasteiger partial charge on any atom is -0.478 e. The van der Waals surface area contributed by atoms with Crippen LogP contribution in [0.5, 0.6) is 0 Å². The number of aromatic nitrogens is 3. The van der Waals surface area contributed by atoms with Crippen LogP contribution >= 0.6 is 0 Å². The predicted molar refractivity (Wildman–Crippen MR) is 115 cm³/mol. The van der Waals surface area contributed by atoms with Crippen molar-refractivity contribution < 1.29 is 9.90 Å². The summed E-state index contributed by atoms with van der Waals surface area (Å²) in [5, 5.41) is 14.1. The number of rotatable bonds is 10. The molecule has 0 amide bonds. The zero-order valence-electron chi connectivity index (χ0n) is 16.8. The third-order valence-electron chi connectivity index (χ3n) is 4.88. The number of hydrogen-bond donors (Lipinski definition) is 1. The summed E-state index contributed by atoms with van der Waals surface area (Å²) in [4.78, 5) is 16.2. The summed E-state index contributed by atoms with van der Waals surface area (Å²) < 4.78 is 1.99. The third-order valence-corrected chi connectivity index (χ3v) is 4.88. The highest BCUT2D eigenvalue weighted by Crippen LogP contribution is 2.24. The van der Waals surface area contributed by atoms with E-state index < -0.39 is 5.97 Å². The van der Waals surface area contributed by atoms with Crippen molar-refractivity contribution in [3.63, 3.8) is 0 Å². The maximum Gasteiger partial charge on any atom is 0.336 e. The molecule has 5 heteroatoms. The van der Waals surface area contributed by atoms with Crippen molar-refractivity contribution in [2.75, 3.05) is 0 Å². The molecule has 2 aromatic carbocycles. The Balaban J connectivity index is 1.81. The molecule has 0 radical (unpaired) electrons. The van der Waals surface area contributed by atoms with Gasteiger partial charge in [-0.3, -0.25) is 0 Å². The summed E-state index contributed by atoms with van der Waals surface area (Å²) in [6, 6.07) is 15.1.